The maximum absolute atomic E-state index is 12.1. The first-order valence-corrected chi connectivity index (χ1v) is 7.49. The maximum atomic E-state index is 12.1. The number of ether oxygens (including phenoxy) is 1. The minimum atomic E-state index is -0.0323. The van der Waals surface area contributed by atoms with E-state index in [4.69, 9.17) is 4.74 Å². The highest BCUT2D eigenvalue weighted by Gasteiger charge is 2.10. The minimum absolute atomic E-state index is 0.0323. The lowest BCUT2D eigenvalue weighted by Crippen LogP contribution is -2.12. The van der Waals surface area contributed by atoms with Crippen molar-refractivity contribution in [2.24, 2.45) is 0 Å². The largest absolute Gasteiger partial charge is 0.485 e. The highest BCUT2D eigenvalue weighted by atomic mass is 79.9. The normalized spacial score (nSPS) is 10.3. The summed E-state index contributed by atoms with van der Waals surface area (Å²) in [5, 5.41) is 0. The van der Waals surface area contributed by atoms with Gasteiger partial charge in [-0.15, -0.1) is 0 Å². The summed E-state index contributed by atoms with van der Waals surface area (Å²) in [5.41, 5.74) is 1.94. The number of rotatable bonds is 6. The molecular formula is C17H17BrO2. The topological polar surface area (TPSA) is 26.3 Å². The molecule has 2 aromatic rings. The van der Waals surface area contributed by atoms with E-state index >= 15 is 0 Å². The van der Waals surface area contributed by atoms with Gasteiger partial charge in [-0.1, -0.05) is 59.6 Å². The Kier molecular flexibility index (Phi) is 5.36. The van der Waals surface area contributed by atoms with Gasteiger partial charge in [-0.2, -0.15) is 0 Å². The van der Waals surface area contributed by atoms with E-state index in [1.165, 1.54) is 5.56 Å². The van der Waals surface area contributed by atoms with Gasteiger partial charge in [0.1, 0.15) is 5.75 Å². The molecule has 104 valence electrons. The van der Waals surface area contributed by atoms with Gasteiger partial charge in [-0.3, -0.25) is 4.79 Å². The van der Waals surface area contributed by atoms with Gasteiger partial charge in [0, 0.05) is 10.0 Å². The van der Waals surface area contributed by atoms with E-state index < -0.39 is 0 Å². The Bertz CT molecular complexity index is 576. The van der Waals surface area contributed by atoms with Crippen LogP contribution >= 0.6 is 15.9 Å². The van der Waals surface area contributed by atoms with E-state index in [1.54, 1.807) is 6.07 Å². The molecule has 0 spiro atoms. The summed E-state index contributed by atoms with van der Waals surface area (Å²) in [5.74, 6) is 0.695. The smallest absolute Gasteiger partial charge is 0.201 e. The van der Waals surface area contributed by atoms with E-state index in [0.717, 1.165) is 23.1 Å². The van der Waals surface area contributed by atoms with Crippen LogP contribution in [0.1, 0.15) is 29.3 Å². The third kappa shape index (κ3) is 3.94. The summed E-state index contributed by atoms with van der Waals surface area (Å²) in [6, 6.07) is 15.3. The average molecular weight is 333 g/mol. The highest BCUT2D eigenvalue weighted by Crippen LogP contribution is 2.18. The van der Waals surface area contributed by atoms with Gasteiger partial charge >= 0.3 is 0 Å². The lowest BCUT2D eigenvalue weighted by atomic mass is 10.1. The van der Waals surface area contributed by atoms with E-state index in [2.05, 4.69) is 22.9 Å². The number of hydrogen-bond acceptors (Lipinski definition) is 2. The highest BCUT2D eigenvalue weighted by molar-refractivity contribution is 9.10. The monoisotopic (exact) mass is 332 g/mol. The van der Waals surface area contributed by atoms with Crippen LogP contribution in [0, 0.1) is 0 Å². The summed E-state index contributed by atoms with van der Waals surface area (Å²) in [6.07, 6.45) is 2.19. The summed E-state index contributed by atoms with van der Waals surface area (Å²) >= 11 is 3.37. The lowest BCUT2D eigenvalue weighted by Gasteiger charge is -2.07. The van der Waals surface area contributed by atoms with Crippen molar-refractivity contribution in [3.63, 3.8) is 0 Å². The third-order valence-corrected chi connectivity index (χ3v) is 3.70. The van der Waals surface area contributed by atoms with E-state index in [0.29, 0.717) is 5.56 Å². The van der Waals surface area contributed by atoms with Gasteiger partial charge in [0.2, 0.25) is 5.78 Å². The fourth-order valence-electron chi connectivity index (χ4n) is 1.95. The quantitative estimate of drug-likeness (QED) is 0.719. The first-order chi connectivity index (χ1) is 9.70. The van der Waals surface area contributed by atoms with Crippen LogP contribution in [0.4, 0.5) is 0 Å². The molecule has 0 amide bonds. The van der Waals surface area contributed by atoms with Crippen molar-refractivity contribution in [3.05, 3.63) is 64.1 Å². The summed E-state index contributed by atoms with van der Waals surface area (Å²) in [6.45, 7) is 2.20. The molecule has 3 heteroatoms. The van der Waals surface area contributed by atoms with Crippen molar-refractivity contribution in [2.75, 3.05) is 6.61 Å². The third-order valence-electron chi connectivity index (χ3n) is 3.01. The number of halogens is 1. The zero-order valence-corrected chi connectivity index (χ0v) is 13.0. The molecule has 0 radical (unpaired) electrons. The van der Waals surface area contributed by atoms with Crippen LogP contribution in [0.25, 0.3) is 0 Å². The Morgan fingerprint density at radius 2 is 1.80 bits per heavy atom. The second kappa shape index (κ2) is 7.25. The van der Waals surface area contributed by atoms with Crippen LogP contribution in [0.3, 0.4) is 0 Å². The number of aryl methyl sites for hydroxylation is 1. The number of benzene rings is 2. The molecule has 0 N–H and O–H groups in total. The van der Waals surface area contributed by atoms with Gasteiger partial charge in [0.05, 0.1) is 0 Å². The zero-order valence-electron chi connectivity index (χ0n) is 11.4. The molecule has 0 saturated carbocycles. The Hall–Kier alpha value is -1.61. The molecule has 0 fully saturated rings. The first-order valence-electron chi connectivity index (χ1n) is 6.70. The Morgan fingerprint density at radius 3 is 2.45 bits per heavy atom. The zero-order chi connectivity index (χ0) is 14.4. The van der Waals surface area contributed by atoms with Crippen molar-refractivity contribution in [1.29, 1.82) is 0 Å². The van der Waals surface area contributed by atoms with Crippen LogP contribution in [0.2, 0.25) is 0 Å². The van der Waals surface area contributed by atoms with Crippen LogP contribution < -0.4 is 4.74 Å². The second-order valence-electron chi connectivity index (χ2n) is 4.59. The molecule has 2 nitrogen and oxygen atoms in total. The summed E-state index contributed by atoms with van der Waals surface area (Å²) in [4.78, 5) is 12.1. The Balaban J connectivity index is 1.95. The second-order valence-corrected chi connectivity index (χ2v) is 5.44. The molecule has 0 saturated heterocycles. The molecule has 0 heterocycles. The lowest BCUT2D eigenvalue weighted by molar-refractivity contribution is 0.0921. The average Bonchev–Trinajstić information content (AvgIpc) is 2.47. The van der Waals surface area contributed by atoms with Gasteiger partial charge in [-0.25, -0.2) is 0 Å². The number of Topliss-reactive ketones (excluding diaryl/α,β-unsaturated/α-hetero) is 1. The summed E-state index contributed by atoms with van der Waals surface area (Å²) in [7, 11) is 0. The predicted molar refractivity (Wildman–Crippen MR) is 84.4 cm³/mol. The Morgan fingerprint density at radius 1 is 1.10 bits per heavy atom. The molecule has 0 aliphatic rings. The molecule has 20 heavy (non-hydrogen) atoms. The molecule has 0 unspecified atom stereocenters. The van der Waals surface area contributed by atoms with Crippen molar-refractivity contribution in [3.8, 4) is 5.75 Å². The fourth-order valence-corrected chi connectivity index (χ4v) is 2.46. The minimum Gasteiger partial charge on any atom is -0.485 e. The van der Waals surface area contributed by atoms with Crippen molar-refractivity contribution in [2.45, 2.75) is 19.8 Å². The standard InChI is InChI=1S/C17H17BrO2/c1-2-5-13-8-10-14(11-9-13)20-12-17(19)15-6-3-4-7-16(15)18/h3-4,6-11H,2,5,12H2,1H3. The summed E-state index contributed by atoms with van der Waals surface area (Å²) < 4.78 is 6.34. The predicted octanol–water partition coefficient (Wildman–Crippen LogP) is 4.66. The van der Waals surface area contributed by atoms with Gasteiger partial charge < -0.3 is 4.74 Å². The Labute approximate surface area is 127 Å². The van der Waals surface area contributed by atoms with Gasteiger partial charge in [-0.05, 0) is 30.2 Å². The van der Waals surface area contributed by atoms with Crippen LogP contribution in [0.15, 0.2) is 53.0 Å². The molecule has 0 atom stereocenters. The molecule has 0 aliphatic carbocycles. The maximum Gasteiger partial charge on any atom is 0.201 e. The number of hydrogen-bond donors (Lipinski definition) is 0. The molecule has 2 rings (SSSR count). The van der Waals surface area contributed by atoms with Crippen LogP contribution in [-0.4, -0.2) is 12.4 Å². The van der Waals surface area contributed by atoms with E-state index in [-0.39, 0.29) is 12.4 Å². The molecular weight excluding hydrogens is 316 g/mol. The van der Waals surface area contributed by atoms with Gasteiger partial charge in [0.15, 0.2) is 6.61 Å². The van der Waals surface area contributed by atoms with Crippen LogP contribution in [0.5, 0.6) is 5.75 Å². The fraction of sp³-hybridized carbons (Fsp3) is 0.235. The number of carbonyl (C=O) groups is 1. The number of carbonyl (C=O) groups excluding carboxylic acids is 1. The first kappa shape index (κ1) is 14.8. The SMILES string of the molecule is CCCc1ccc(OCC(=O)c2ccccc2Br)cc1. The molecule has 0 bridgehead atoms. The van der Waals surface area contributed by atoms with E-state index in [9.17, 15) is 4.79 Å². The van der Waals surface area contributed by atoms with E-state index in [1.807, 2.05) is 42.5 Å². The van der Waals surface area contributed by atoms with Crippen molar-refractivity contribution in [1.82, 2.24) is 0 Å². The van der Waals surface area contributed by atoms with Crippen molar-refractivity contribution < 1.29 is 9.53 Å². The van der Waals surface area contributed by atoms with Crippen molar-refractivity contribution >= 4 is 21.7 Å². The molecule has 2 aromatic carbocycles. The van der Waals surface area contributed by atoms with Gasteiger partial charge in [0.25, 0.3) is 0 Å². The number of ketones is 1. The van der Waals surface area contributed by atoms with Crippen LogP contribution in [-0.2, 0) is 6.42 Å². The molecule has 0 aromatic heterocycles. The molecule has 0 aliphatic heterocycles.